The molecule has 0 aliphatic carbocycles. The lowest BCUT2D eigenvalue weighted by atomic mass is 10.1. The van der Waals surface area contributed by atoms with E-state index in [0.29, 0.717) is 24.7 Å². The van der Waals surface area contributed by atoms with E-state index in [9.17, 15) is 9.59 Å². The molecule has 0 bridgehead atoms. The van der Waals surface area contributed by atoms with Gasteiger partial charge >= 0.3 is 0 Å². The number of rotatable bonds is 6. The average Bonchev–Trinajstić information content (AvgIpc) is 2.87. The fourth-order valence-corrected chi connectivity index (χ4v) is 4.65. The first-order valence-electron chi connectivity index (χ1n) is 11.9. The molecule has 2 aliphatic heterocycles. The smallest absolute Gasteiger partial charge is 0.273 e. The minimum Gasteiger partial charge on any atom is -0.357 e. The van der Waals surface area contributed by atoms with Gasteiger partial charge in [-0.05, 0) is 44.2 Å². The maximum absolute atomic E-state index is 13.5. The molecule has 1 aromatic carbocycles. The first-order chi connectivity index (χ1) is 16.0. The van der Waals surface area contributed by atoms with E-state index in [4.69, 9.17) is 0 Å². The number of carbonyl (C=O) groups excluding carboxylic acids is 2. The summed E-state index contributed by atoms with van der Waals surface area (Å²) in [5, 5.41) is 2.74. The van der Waals surface area contributed by atoms with Gasteiger partial charge in [-0.3, -0.25) is 14.5 Å². The lowest BCUT2D eigenvalue weighted by Gasteiger charge is -2.40. The number of likely N-dealkylation sites (N-methyl/N-ethyl adjacent to an activating group) is 1. The standard InChI is InChI=1S/C25H34N6O2/c1-19-17-21(28-25(27-19)30-12-7-4-8-13-30)24(33)31-16-15-29(18-22(31)23(32)26-2)14-11-20-9-5-3-6-10-20/h3,5-6,9-10,17,22H,4,7-8,11-16,18H2,1-2H3,(H,26,32). The molecule has 1 atom stereocenters. The number of carbonyl (C=O) groups is 2. The van der Waals surface area contributed by atoms with Gasteiger partial charge in [0, 0.05) is 52.0 Å². The zero-order valence-corrected chi connectivity index (χ0v) is 19.7. The lowest BCUT2D eigenvalue weighted by molar-refractivity contribution is -0.127. The molecule has 4 rings (SSSR count). The summed E-state index contributed by atoms with van der Waals surface area (Å²) in [5.41, 5.74) is 2.41. The molecular formula is C25H34N6O2. The molecule has 2 amide bonds. The van der Waals surface area contributed by atoms with Gasteiger partial charge in [-0.1, -0.05) is 30.3 Å². The molecule has 33 heavy (non-hydrogen) atoms. The summed E-state index contributed by atoms with van der Waals surface area (Å²) in [4.78, 5) is 41.6. The monoisotopic (exact) mass is 450 g/mol. The molecule has 0 saturated carbocycles. The van der Waals surface area contributed by atoms with Crippen LogP contribution >= 0.6 is 0 Å². The average molecular weight is 451 g/mol. The van der Waals surface area contributed by atoms with Crippen LogP contribution in [0.25, 0.3) is 0 Å². The first-order valence-corrected chi connectivity index (χ1v) is 11.9. The van der Waals surface area contributed by atoms with E-state index in [1.54, 1.807) is 18.0 Å². The van der Waals surface area contributed by atoms with Gasteiger partial charge in [-0.25, -0.2) is 9.97 Å². The van der Waals surface area contributed by atoms with Crippen LogP contribution in [0.1, 0.15) is 41.0 Å². The summed E-state index contributed by atoms with van der Waals surface area (Å²) in [6.07, 6.45) is 4.37. The van der Waals surface area contributed by atoms with Gasteiger partial charge in [0.05, 0.1) is 0 Å². The second-order valence-corrected chi connectivity index (χ2v) is 8.91. The van der Waals surface area contributed by atoms with Crippen molar-refractivity contribution in [2.45, 2.75) is 38.6 Å². The Morgan fingerprint density at radius 3 is 2.52 bits per heavy atom. The summed E-state index contributed by atoms with van der Waals surface area (Å²) >= 11 is 0. The lowest BCUT2D eigenvalue weighted by Crippen LogP contribution is -2.60. The molecule has 0 spiro atoms. The van der Waals surface area contributed by atoms with Gasteiger partial charge in [0.1, 0.15) is 11.7 Å². The van der Waals surface area contributed by atoms with Gasteiger partial charge in [-0.2, -0.15) is 0 Å². The van der Waals surface area contributed by atoms with E-state index in [-0.39, 0.29) is 11.8 Å². The highest BCUT2D eigenvalue weighted by molar-refractivity contribution is 5.96. The van der Waals surface area contributed by atoms with Crippen LogP contribution < -0.4 is 10.2 Å². The van der Waals surface area contributed by atoms with Crippen molar-refractivity contribution >= 4 is 17.8 Å². The zero-order valence-electron chi connectivity index (χ0n) is 19.7. The SMILES string of the molecule is CNC(=O)C1CN(CCc2ccccc2)CCN1C(=O)c1cc(C)nc(N2CCCCC2)n1. The minimum absolute atomic E-state index is 0.144. The maximum atomic E-state index is 13.5. The summed E-state index contributed by atoms with van der Waals surface area (Å²) in [6.45, 7) is 6.31. The molecule has 8 nitrogen and oxygen atoms in total. The third-order valence-corrected chi connectivity index (χ3v) is 6.53. The number of aromatic nitrogens is 2. The number of nitrogens with zero attached hydrogens (tertiary/aromatic N) is 5. The van der Waals surface area contributed by atoms with E-state index in [2.05, 4.69) is 37.2 Å². The van der Waals surface area contributed by atoms with Gasteiger partial charge in [0.15, 0.2) is 0 Å². The number of hydrogen-bond donors (Lipinski definition) is 1. The molecule has 8 heteroatoms. The Labute approximate surface area is 196 Å². The topological polar surface area (TPSA) is 81.7 Å². The van der Waals surface area contributed by atoms with Crippen molar-refractivity contribution in [2.24, 2.45) is 0 Å². The molecule has 1 aromatic heterocycles. The Hall–Kier alpha value is -3.00. The Morgan fingerprint density at radius 2 is 1.79 bits per heavy atom. The normalized spacial score (nSPS) is 19.4. The van der Waals surface area contributed by atoms with Crippen LogP contribution in [0.4, 0.5) is 5.95 Å². The Morgan fingerprint density at radius 1 is 1.03 bits per heavy atom. The predicted molar refractivity (Wildman–Crippen MR) is 128 cm³/mol. The van der Waals surface area contributed by atoms with Gasteiger partial charge in [-0.15, -0.1) is 0 Å². The van der Waals surface area contributed by atoms with Crippen LogP contribution in [-0.2, 0) is 11.2 Å². The molecule has 176 valence electrons. The second kappa shape index (κ2) is 10.7. The highest BCUT2D eigenvalue weighted by atomic mass is 16.2. The van der Waals surface area contributed by atoms with E-state index in [1.165, 1.54) is 12.0 Å². The quantitative estimate of drug-likeness (QED) is 0.724. The number of amides is 2. The van der Waals surface area contributed by atoms with Gasteiger partial charge in [0.2, 0.25) is 11.9 Å². The van der Waals surface area contributed by atoms with Gasteiger partial charge < -0.3 is 15.1 Å². The third kappa shape index (κ3) is 5.68. The third-order valence-electron chi connectivity index (χ3n) is 6.53. The molecule has 1 N–H and O–H groups in total. The van der Waals surface area contributed by atoms with Crippen molar-refractivity contribution in [3.63, 3.8) is 0 Å². The van der Waals surface area contributed by atoms with Crippen LogP contribution in [0.2, 0.25) is 0 Å². The molecule has 2 saturated heterocycles. The first kappa shape index (κ1) is 23.2. The Balaban J connectivity index is 1.48. The highest BCUT2D eigenvalue weighted by Crippen LogP contribution is 2.19. The van der Waals surface area contributed by atoms with E-state index in [0.717, 1.165) is 51.1 Å². The maximum Gasteiger partial charge on any atom is 0.273 e. The van der Waals surface area contributed by atoms with Crippen LogP contribution in [0.5, 0.6) is 0 Å². The number of aryl methyl sites for hydroxylation is 1. The summed E-state index contributed by atoms with van der Waals surface area (Å²) in [6, 6.07) is 11.5. The van der Waals surface area contributed by atoms with Crippen LogP contribution in [-0.4, -0.2) is 83.9 Å². The van der Waals surface area contributed by atoms with Crippen molar-refractivity contribution in [2.75, 3.05) is 51.2 Å². The highest BCUT2D eigenvalue weighted by Gasteiger charge is 2.36. The Bertz CT molecular complexity index is 961. The predicted octanol–water partition coefficient (Wildman–Crippen LogP) is 1.89. The van der Waals surface area contributed by atoms with E-state index >= 15 is 0 Å². The van der Waals surface area contributed by atoms with Crippen molar-refractivity contribution in [3.8, 4) is 0 Å². The fraction of sp³-hybridized carbons (Fsp3) is 0.520. The summed E-state index contributed by atoms with van der Waals surface area (Å²) < 4.78 is 0. The summed E-state index contributed by atoms with van der Waals surface area (Å²) in [7, 11) is 1.62. The number of piperazine rings is 1. The molecule has 0 radical (unpaired) electrons. The van der Waals surface area contributed by atoms with Crippen LogP contribution in [0, 0.1) is 6.92 Å². The molecule has 2 aliphatic rings. The molecule has 3 heterocycles. The molecule has 1 unspecified atom stereocenters. The minimum atomic E-state index is -0.541. The van der Waals surface area contributed by atoms with Crippen molar-refractivity contribution in [1.82, 2.24) is 25.1 Å². The fourth-order valence-electron chi connectivity index (χ4n) is 4.65. The van der Waals surface area contributed by atoms with Gasteiger partial charge in [0.25, 0.3) is 5.91 Å². The van der Waals surface area contributed by atoms with Crippen LogP contribution in [0.3, 0.4) is 0 Å². The largest absolute Gasteiger partial charge is 0.357 e. The van der Waals surface area contributed by atoms with Crippen molar-refractivity contribution in [1.29, 1.82) is 0 Å². The van der Waals surface area contributed by atoms with Crippen molar-refractivity contribution in [3.05, 3.63) is 53.3 Å². The second-order valence-electron chi connectivity index (χ2n) is 8.91. The van der Waals surface area contributed by atoms with E-state index in [1.807, 2.05) is 25.1 Å². The number of piperidine rings is 1. The van der Waals surface area contributed by atoms with E-state index < -0.39 is 6.04 Å². The van der Waals surface area contributed by atoms with Crippen LogP contribution in [0.15, 0.2) is 36.4 Å². The van der Waals surface area contributed by atoms with Crippen molar-refractivity contribution < 1.29 is 9.59 Å². The molecule has 2 aromatic rings. The number of anilines is 1. The molecular weight excluding hydrogens is 416 g/mol. The number of hydrogen-bond acceptors (Lipinski definition) is 6. The zero-order chi connectivity index (χ0) is 23.2. The Kier molecular flexibility index (Phi) is 7.54. The molecule has 2 fully saturated rings. The number of nitrogens with one attached hydrogen (secondary N) is 1. The number of benzene rings is 1. The summed E-state index contributed by atoms with van der Waals surface area (Å²) in [5.74, 6) is 0.279.